The Balaban J connectivity index is 1.95. The van der Waals surface area contributed by atoms with Crippen LogP contribution in [0.15, 0.2) is 84.9 Å². The van der Waals surface area contributed by atoms with Crippen molar-refractivity contribution in [3.8, 4) is 5.75 Å². The summed E-state index contributed by atoms with van der Waals surface area (Å²) < 4.78 is 37.4. The average Bonchev–Trinajstić information content (AvgIpc) is 2.99. The van der Waals surface area contributed by atoms with Gasteiger partial charge in [-0.25, -0.2) is 8.42 Å². The molecule has 2 amide bonds. The number of nitrogens with zero attached hydrogens (tertiary/aromatic N) is 2. The number of methoxy groups -OCH3 is 1. The topological polar surface area (TPSA) is 105 Å². The number of amides is 2. The summed E-state index contributed by atoms with van der Waals surface area (Å²) in [5, 5.41) is 2.96. The molecule has 1 atom stereocenters. The quantitative estimate of drug-likeness (QED) is 0.239. The molecule has 1 N–H and O–H groups in total. The molecule has 0 aromatic heterocycles. The molecule has 0 spiro atoms. The molecule has 0 fully saturated rings. The first-order valence-electron chi connectivity index (χ1n) is 14.0. The van der Waals surface area contributed by atoms with Gasteiger partial charge < -0.3 is 19.7 Å². The first-order chi connectivity index (χ1) is 20.2. The lowest BCUT2D eigenvalue weighted by molar-refractivity contribution is -0.141. The molecule has 42 heavy (non-hydrogen) atoms. The molecule has 3 rings (SSSR count). The molecule has 0 aliphatic heterocycles. The molecule has 0 aliphatic carbocycles. The Hall–Kier alpha value is -3.73. The maximum absolute atomic E-state index is 14.1. The molecule has 0 bridgehead atoms. The first-order valence-corrected chi connectivity index (χ1v) is 15.9. The van der Waals surface area contributed by atoms with Gasteiger partial charge in [0.2, 0.25) is 21.8 Å². The highest BCUT2D eigenvalue weighted by Gasteiger charge is 2.32. The standard InChI is InChI=1S/C32H41N3O6S/c1-4-41-21-11-20-33-32(37)30(22-26-12-7-5-8-13-26)35(24-28-16-18-29(40-2)19-17-28)31(36)25-34(42(3,38)39)23-27-14-9-6-10-15-27/h5-10,12-19,30H,4,11,20-25H2,1-3H3,(H,33,37). The minimum atomic E-state index is -3.75. The molecule has 0 radical (unpaired) electrons. The molecular formula is C32H41N3O6S. The van der Waals surface area contributed by atoms with E-state index in [9.17, 15) is 18.0 Å². The lowest BCUT2D eigenvalue weighted by Gasteiger charge is -2.33. The van der Waals surface area contributed by atoms with E-state index < -0.39 is 28.5 Å². The van der Waals surface area contributed by atoms with Crippen LogP contribution in [0.25, 0.3) is 0 Å². The summed E-state index contributed by atoms with van der Waals surface area (Å²) in [6.07, 6.45) is 1.98. The Morgan fingerprint density at radius 1 is 0.857 bits per heavy atom. The molecule has 0 heterocycles. The third kappa shape index (κ3) is 10.6. The molecule has 0 saturated heterocycles. The molecular weight excluding hydrogens is 554 g/mol. The van der Waals surface area contributed by atoms with E-state index in [1.54, 1.807) is 19.2 Å². The second-order valence-corrected chi connectivity index (χ2v) is 11.9. The predicted octanol–water partition coefficient (Wildman–Crippen LogP) is 3.64. The highest BCUT2D eigenvalue weighted by Crippen LogP contribution is 2.19. The summed E-state index contributed by atoms with van der Waals surface area (Å²) in [5.74, 6) is -0.126. The number of carbonyl (C=O) groups is 2. The number of hydrogen-bond donors (Lipinski definition) is 1. The van der Waals surface area contributed by atoms with Crippen LogP contribution in [0.4, 0.5) is 0 Å². The Morgan fingerprint density at radius 3 is 2.02 bits per heavy atom. The minimum absolute atomic E-state index is 0.0365. The fourth-order valence-electron chi connectivity index (χ4n) is 4.45. The van der Waals surface area contributed by atoms with Crippen molar-refractivity contribution in [1.82, 2.24) is 14.5 Å². The largest absolute Gasteiger partial charge is 0.497 e. The summed E-state index contributed by atoms with van der Waals surface area (Å²) in [4.78, 5) is 29.2. The van der Waals surface area contributed by atoms with Crippen LogP contribution in [0.1, 0.15) is 30.0 Å². The molecule has 1 unspecified atom stereocenters. The van der Waals surface area contributed by atoms with Gasteiger partial charge >= 0.3 is 0 Å². The van der Waals surface area contributed by atoms with Gasteiger partial charge in [0, 0.05) is 39.3 Å². The van der Waals surface area contributed by atoms with Crippen LogP contribution < -0.4 is 10.1 Å². The zero-order chi connectivity index (χ0) is 30.4. The second-order valence-electron chi connectivity index (χ2n) is 9.93. The molecule has 0 saturated carbocycles. The van der Waals surface area contributed by atoms with Gasteiger partial charge in [0.1, 0.15) is 11.8 Å². The third-order valence-corrected chi connectivity index (χ3v) is 7.93. The molecule has 3 aromatic rings. The van der Waals surface area contributed by atoms with Crippen LogP contribution >= 0.6 is 0 Å². The zero-order valence-corrected chi connectivity index (χ0v) is 25.4. The summed E-state index contributed by atoms with van der Waals surface area (Å²) in [6, 6.07) is 24.9. The van der Waals surface area contributed by atoms with E-state index in [1.165, 1.54) is 4.90 Å². The van der Waals surface area contributed by atoms with Gasteiger partial charge in [-0.1, -0.05) is 72.8 Å². The number of ether oxygens (including phenoxy) is 2. The van der Waals surface area contributed by atoms with Crippen LogP contribution in [0, 0.1) is 0 Å². The van der Waals surface area contributed by atoms with Crippen molar-refractivity contribution < 1.29 is 27.5 Å². The van der Waals surface area contributed by atoms with Crippen molar-refractivity contribution in [2.24, 2.45) is 0 Å². The Morgan fingerprint density at radius 2 is 1.45 bits per heavy atom. The molecule has 0 aliphatic rings. The van der Waals surface area contributed by atoms with Gasteiger partial charge in [-0.05, 0) is 42.2 Å². The van der Waals surface area contributed by atoms with Crippen LogP contribution in [-0.2, 0) is 43.9 Å². The van der Waals surface area contributed by atoms with Gasteiger partial charge in [0.15, 0.2) is 0 Å². The smallest absolute Gasteiger partial charge is 0.243 e. The molecule has 226 valence electrons. The van der Waals surface area contributed by atoms with Crippen LogP contribution in [-0.4, -0.2) is 75.1 Å². The number of carbonyl (C=O) groups excluding carboxylic acids is 2. The normalized spacial score (nSPS) is 12.1. The predicted molar refractivity (Wildman–Crippen MR) is 163 cm³/mol. The van der Waals surface area contributed by atoms with Crippen molar-refractivity contribution in [2.45, 2.75) is 38.9 Å². The SMILES string of the molecule is CCOCCCNC(=O)C(Cc1ccccc1)N(Cc1ccc(OC)cc1)C(=O)CN(Cc1ccccc1)S(C)(=O)=O. The van der Waals surface area contributed by atoms with Gasteiger partial charge in [-0.15, -0.1) is 0 Å². The number of hydrogen-bond acceptors (Lipinski definition) is 6. The Labute approximate surface area is 249 Å². The third-order valence-electron chi connectivity index (χ3n) is 6.73. The number of sulfonamides is 1. The van der Waals surface area contributed by atoms with Crippen LogP contribution in [0.3, 0.4) is 0 Å². The van der Waals surface area contributed by atoms with Gasteiger partial charge in [0.25, 0.3) is 0 Å². The highest BCUT2D eigenvalue weighted by atomic mass is 32.2. The summed E-state index contributed by atoms with van der Waals surface area (Å²) in [5.41, 5.74) is 2.41. The van der Waals surface area contributed by atoms with E-state index in [2.05, 4.69) is 5.32 Å². The van der Waals surface area contributed by atoms with E-state index in [-0.39, 0.29) is 25.4 Å². The number of nitrogens with one attached hydrogen (secondary N) is 1. The molecule has 9 nitrogen and oxygen atoms in total. The lowest BCUT2D eigenvalue weighted by atomic mass is 10.0. The lowest BCUT2D eigenvalue weighted by Crippen LogP contribution is -2.53. The van der Waals surface area contributed by atoms with Gasteiger partial charge in [-0.2, -0.15) is 4.31 Å². The van der Waals surface area contributed by atoms with Crippen molar-refractivity contribution in [2.75, 3.05) is 39.7 Å². The molecule has 10 heteroatoms. The monoisotopic (exact) mass is 595 g/mol. The van der Waals surface area contributed by atoms with Gasteiger partial charge in [0.05, 0.1) is 19.9 Å². The summed E-state index contributed by atoms with van der Waals surface area (Å²) >= 11 is 0. The van der Waals surface area contributed by atoms with Crippen molar-refractivity contribution in [1.29, 1.82) is 0 Å². The number of rotatable bonds is 17. The van der Waals surface area contributed by atoms with Crippen LogP contribution in [0.2, 0.25) is 0 Å². The van der Waals surface area contributed by atoms with E-state index in [0.29, 0.717) is 31.9 Å². The van der Waals surface area contributed by atoms with E-state index in [4.69, 9.17) is 9.47 Å². The Bertz CT molecular complexity index is 1350. The zero-order valence-electron chi connectivity index (χ0n) is 24.6. The summed E-state index contributed by atoms with van der Waals surface area (Å²) in [7, 11) is -2.17. The fourth-order valence-corrected chi connectivity index (χ4v) is 5.18. The Kier molecular flexibility index (Phi) is 13.0. The molecule has 3 aromatic carbocycles. The maximum atomic E-state index is 14.1. The van der Waals surface area contributed by atoms with E-state index >= 15 is 0 Å². The minimum Gasteiger partial charge on any atom is -0.497 e. The van der Waals surface area contributed by atoms with Crippen molar-refractivity contribution >= 4 is 21.8 Å². The van der Waals surface area contributed by atoms with E-state index in [1.807, 2.05) is 79.7 Å². The van der Waals surface area contributed by atoms with Gasteiger partial charge in [-0.3, -0.25) is 9.59 Å². The average molecular weight is 596 g/mol. The van der Waals surface area contributed by atoms with Crippen molar-refractivity contribution in [3.63, 3.8) is 0 Å². The first kappa shape index (κ1) is 32.8. The van der Waals surface area contributed by atoms with Crippen LogP contribution in [0.5, 0.6) is 5.75 Å². The maximum Gasteiger partial charge on any atom is 0.243 e. The highest BCUT2D eigenvalue weighted by molar-refractivity contribution is 7.88. The fraction of sp³-hybridized carbons (Fsp3) is 0.375. The second kappa shape index (κ2) is 16.6. The van der Waals surface area contributed by atoms with E-state index in [0.717, 1.165) is 27.3 Å². The number of benzene rings is 3. The van der Waals surface area contributed by atoms with Crippen molar-refractivity contribution in [3.05, 3.63) is 102 Å². The summed E-state index contributed by atoms with van der Waals surface area (Å²) in [6.45, 7) is 3.13.